The number of benzene rings is 2. The topological polar surface area (TPSA) is 35.2 Å². The van der Waals surface area contributed by atoms with Crippen molar-refractivity contribution in [3.63, 3.8) is 0 Å². The molecule has 1 heterocycles. The lowest BCUT2D eigenvalue weighted by atomic mass is 9.84. The number of fused-ring (bicyclic) bond motifs is 1. The van der Waals surface area contributed by atoms with Crippen molar-refractivity contribution in [1.29, 1.82) is 0 Å². The molecule has 21 heavy (non-hydrogen) atoms. The summed E-state index contributed by atoms with van der Waals surface area (Å²) >= 11 is 9.72. The summed E-state index contributed by atoms with van der Waals surface area (Å²) in [6, 6.07) is 9.86. The molecule has 0 aliphatic carbocycles. The fraction of sp³-hybridized carbons (Fsp3) is 0.250. The van der Waals surface area contributed by atoms with Crippen molar-refractivity contribution in [2.24, 2.45) is 5.73 Å². The zero-order valence-electron chi connectivity index (χ0n) is 11.4. The van der Waals surface area contributed by atoms with Crippen LogP contribution in [0.4, 0.5) is 4.39 Å². The molecule has 0 aromatic heterocycles. The van der Waals surface area contributed by atoms with Crippen LogP contribution in [0.3, 0.4) is 0 Å². The molecule has 2 unspecified atom stereocenters. The first-order chi connectivity index (χ1) is 9.89. The number of ether oxygens (including phenoxy) is 1. The zero-order chi connectivity index (χ0) is 15.2. The number of hydrogen-bond donors (Lipinski definition) is 1. The Labute approximate surface area is 136 Å². The Morgan fingerprint density at radius 3 is 2.81 bits per heavy atom. The molecule has 0 saturated heterocycles. The number of nitrogens with two attached hydrogens (primary N) is 1. The van der Waals surface area contributed by atoms with E-state index < -0.39 is 5.60 Å². The quantitative estimate of drug-likeness (QED) is 0.771. The van der Waals surface area contributed by atoms with E-state index in [4.69, 9.17) is 22.1 Å². The van der Waals surface area contributed by atoms with E-state index in [1.54, 1.807) is 6.07 Å². The van der Waals surface area contributed by atoms with Crippen molar-refractivity contribution in [2.75, 3.05) is 0 Å². The largest absolute Gasteiger partial charge is 0.482 e. The Balaban J connectivity index is 2.07. The first kappa shape index (κ1) is 14.8. The summed E-state index contributed by atoms with van der Waals surface area (Å²) < 4.78 is 20.4. The summed E-state index contributed by atoms with van der Waals surface area (Å²) in [4.78, 5) is 0. The van der Waals surface area contributed by atoms with E-state index >= 15 is 0 Å². The molecule has 0 radical (unpaired) electrons. The second-order valence-corrected chi connectivity index (χ2v) is 6.77. The van der Waals surface area contributed by atoms with E-state index in [1.165, 1.54) is 12.1 Å². The van der Waals surface area contributed by atoms with Crippen LogP contribution in [0.25, 0.3) is 0 Å². The Hall–Kier alpha value is -1.10. The van der Waals surface area contributed by atoms with Crippen molar-refractivity contribution in [1.82, 2.24) is 0 Å². The van der Waals surface area contributed by atoms with E-state index in [9.17, 15) is 4.39 Å². The predicted molar refractivity (Wildman–Crippen MR) is 85.1 cm³/mol. The zero-order valence-corrected chi connectivity index (χ0v) is 13.7. The third-order valence-electron chi connectivity index (χ3n) is 3.82. The van der Waals surface area contributed by atoms with Gasteiger partial charge in [-0.05, 0) is 25.1 Å². The maximum Gasteiger partial charge on any atom is 0.134 e. The van der Waals surface area contributed by atoms with Crippen molar-refractivity contribution in [3.8, 4) is 5.75 Å². The summed E-state index contributed by atoms with van der Waals surface area (Å²) in [6.45, 7) is 1.93. The molecule has 2 atom stereocenters. The van der Waals surface area contributed by atoms with Gasteiger partial charge in [-0.1, -0.05) is 39.7 Å². The van der Waals surface area contributed by atoms with Gasteiger partial charge in [-0.2, -0.15) is 0 Å². The first-order valence-corrected chi connectivity index (χ1v) is 7.76. The second kappa shape index (κ2) is 5.27. The third kappa shape index (κ3) is 2.68. The molecule has 2 nitrogen and oxygen atoms in total. The molecular weight excluding hydrogens is 357 g/mol. The van der Waals surface area contributed by atoms with E-state index in [1.807, 2.05) is 25.1 Å². The minimum absolute atomic E-state index is 0.223. The molecular formula is C16H14BrClFNO. The molecule has 2 aromatic carbocycles. The Kier molecular flexibility index (Phi) is 3.72. The van der Waals surface area contributed by atoms with Gasteiger partial charge >= 0.3 is 0 Å². The highest BCUT2D eigenvalue weighted by Crippen LogP contribution is 2.45. The molecule has 0 spiro atoms. The summed E-state index contributed by atoms with van der Waals surface area (Å²) in [5.41, 5.74) is 7.22. The Bertz CT molecular complexity index is 709. The highest BCUT2D eigenvalue weighted by Gasteiger charge is 2.38. The van der Waals surface area contributed by atoms with Crippen LogP contribution >= 0.6 is 27.5 Å². The average Bonchev–Trinajstić information content (AvgIpc) is 2.37. The molecule has 5 heteroatoms. The minimum Gasteiger partial charge on any atom is -0.482 e. The van der Waals surface area contributed by atoms with Gasteiger partial charge in [0.1, 0.15) is 17.2 Å². The summed E-state index contributed by atoms with van der Waals surface area (Å²) in [6.07, 6.45) is 0.576. The van der Waals surface area contributed by atoms with Gasteiger partial charge in [0.15, 0.2) is 0 Å². The standard InChI is InChI=1S/C16H14BrClFNO/c1-16(12-5-2-9(17)6-13(12)18)8-14(20)11-4-3-10(19)7-15(11)21-16/h2-7,14H,8,20H2,1H3. The maximum absolute atomic E-state index is 13.5. The number of rotatable bonds is 1. The van der Waals surface area contributed by atoms with Crippen LogP contribution in [0.5, 0.6) is 5.75 Å². The van der Waals surface area contributed by atoms with E-state index in [-0.39, 0.29) is 11.9 Å². The first-order valence-electron chi connectivity index (χ1n) is 6.59. The molecule has 0 saturated carbocycles. The van der Waals surface area contributed by atoms with Gasteiger partial charge in [0.25, 0.3) is 0 Å². The summed E-state index contributed by atoms with van der Waals surface area (Å²) in [5.74, 6) is 0.141. The van der Waals surface area contributed by atoms with Crippen LogP contribution in [0.2, 0.25) is 5.02 Å². The second-order valence-electron chi connectivity index (χ2n) is 5.45. The molecule has 0 fully saturated rings. The molecule has 3 rings (SSSR count). The van der Waals surface area contributed by atoms with Gasteiger partial charge in [0, 0.05) is 39.2 Å². The molecule has 0 bridgehead atoms. The van der Waals surface area contributed by atoms with Gasteiger partial charge in [-0.3, -0.25) is 0 Å². The molecule has 1 aliphatic heterocycles. The van der Waals surface area contributed by atoms with Gasteiger partial charge < -0.3 is 10.5 Å². The SMILES string of the molecule is CC1(c2ccc(Br)cc2Cl)CC(N)c2ccc(F)cc2O1. The lowest BCUT2D eigenvalue weighted by Crippen LogP contribution is -2.38. The van der Waals surface area contributed by atoms with Crippen molar-refractivity contribution in [2.45, 2.75) is 25.0 Å². The third-order valence-corrected chi connectivity index (χ3v) is 4.63. The lowest BCUT2D eigenvalue weighted by Gasteiger charge is -2.39. The molecule has 110 valence electrons. The van der Waals surface area contributed by atoms with E-state index in [0.29, 0.717) is 17.2 Å². The van der Waals surface area contributed by atoms with Crippen LogP contribution in [-0.2, 0) is 5.60 Å². The monoisotopic (exact) mass is 369 g/mol. The van der Waals surface area contributed by atoms with Gasteiger partial charge in [-0.15, -0.1) is 0 Å². The molecule has 0 amide bonds. The van der Waals surface area contributed by atoms with Crippen LogP contribution in [0.15, 0.2) is 40.9 Å². The van der Waals surface area contributed by atoms with Gasteiger partial charge in [-0.25, -0.2) is 4.39 Å². The van der Waals surface area contributed by atoms with Crippen LogP contribution in [0.1, 0.15) is 30.5 Å². The Morgan fingerprint density at radius 1 is 1.33 bits per heavy atom. The highest BCUT2D eigenvalue weighted by atomic mass is 79.9. The fourth-order valence-corrected chi connectivity index (χ4v) is 3.67. The fourth-order valence-electron chi connectivity index (χ4n) is 2.80. The van der Waals surface area contributed by atoms with Crippen LogP contribution in [-0.4, -0.2) is 0 Å². The molecule has 2 aromatic rings. The molecule has 2 N–H and O–H groups in total. The van der Waals surface area contributed by atoms with E-state index in [0.717, 1.165) is 15.6 Å². The highest BCUT2D eigenvalue weighted by molar-refractivity contribution is 9.10. The summed E-state index contributed by atoms with van der Waals surface area (Å²) in [5, 5.41) is 0.596. The van der Waals surface area contributed by atoms with Crippen LogP contribution in [0, 0.1) is 5.82 Å². The van der Waals surface area contributed by atoms with E-state index in [2.05, 4.69) is 15.9 Å². The minimum atomic E-state index is -0.683. The van der Waals surface area contributed by atoms with Gasteiger partial charge in [0.05, 0.1) is 0 Å². The van der Waals surface area contributed by atoms with Gasteiger partial charge in [0.2, 0.25) is 0 Å². The normalized spacial score (nSPS) is 24.3. The smallest absolute Gasteiger partial charge is 0.134 e. The van der Waals surface area contributed by atoms with Crippen molar-refractivity contribution < 1.29 is 9.13 Å². The Morgan fingerprint density at radius 2 is 2.10 bits per heavy atom. The average molecular weight is 371 g/mol. The summed E-state index contributed by atoms with van der Waals surface area (Å²) in [7, 11) is 0. The van der Waals surface area contributed by atoms with Crippen molar-refractivity contribution in [3.05, 3.63) is 62.8 Å². The van der Waals surface area contributed by atoms with Crippen molar-refractivity contribution >= 4 is 27.5 Å². The maximum atomic E-state index is 13.5. The molecule has 1 aliphatic rings. The number of hydrogen-bond acceptors (Lipinski definition) is 2. The van der Waals surface area contributed by atoms with Crippen LogP contribution < -0.4 is 10.5 Å². The predicted octanol–water partition coefficient (Wildman–Crippen LogP) is 4.94. The lowest BCUT2D eigenvalue weighted by molar-refractivity contribution is 0.0508. The number of halogens is 3.